The van der Waals surface area contributed by atoms with Crippen molar-refractivity contribution < 1.29 is 4.74 Å². The minimum atomic E-state index is 0.128. The summed E-state index contributed by atoms with van der Waals surface area (Å²) in [6.07, 6.45) is 3.17. The highest BCUT2D eigenvalue weighted by Crippen LogP contribution is 2.27. The van der Waals surface area contributed by atoms with Gasteiger partial charge < -0.3 is 10.5 Å². The zero-order valence-electron chi connectivity index (χ0n) is 8.98. The quantitative estimate of drug-likeness (QED) is 0.799. The Labute approximate surface area is 95.2 Å². The van der Waals surface area contributed by atoms with Gasteiger partial charge in [-0.2, -0.15) is 0 Å². The minimum absolute atomic E-state index is 0.128. The normalized spacial score (nSPS) is 22.9. The van der Waals surface area contributed by atoms with Gasteiger partial charge in [-0.1, -0.05) is 12.1 Å². The van der Waals surface area contributed by atoms with Crippen LogP contribution in [0.15, 0.2) is 29.2 Å². The fourth-order valence-corrected chi connectivity index (χ4v) is 2.34. The lowest BCUT2D eigenvalue weighted by Gasteiger charge is -2.18. The topological polar surface area (TPSA) is 35.2 Å². The summed E-state index contributed by atoms with van der Waals surface area (Å²) in [5, 5.41) is 0. The average molecular weight is 223 g/mol. The first-order valence-corrected chi connectivity index (χ1v) is 6.51. The zero-order valence-corrected chi connectivity index (χ0v) is 9.80. The Kier molecular flexibility index (Phi) is 3.67. The number of ether oxygens (including phenoxy) is 1. The number of benzene rings is 1. The molecule has 0 amide bonds. The summed E-state index contributed by atoms with van der Waals surface area (Å²) in [6, 6.07) is 8.66. The van der Waals surface area contributed by atoms with Crippen LogP contribution in [-0.2, 0) is 4.74 Å². The van der Waals surface area contributed by atoms with E-state index in [0.717, 1.165) is 19.6 Å². The highest BCUT2D eigenvalue weighted by Gasteiger charge is 2.23. The van der Waals surface area contributed by atoms with Crippen molar-refractivity contribution in [2.24, 2.45) is 11.7 Å². The third-order valence-corrected chi connectivity index (χ3v) is 3.72. The van der Waals surface area contributed by atoms with E-state index in [1.54, 1.807) is 11.8 Å². The SMILES string of the molecule is CSc1ccc(C(N)C2CCOC2)cc1. The smallest absolute Gasteiger partial charge is 0.0513 e. The number of hydrogen-bond donors (Lipinski definition) is 1. The molecular weight excluding hydrogens is 206 g/mol. The first-order chi connectivity index (χ1) is 7.31. The Hall–Kier alpha value is -0.510. The van der Waals surface area contributed by atoms with Crippen molar-refractivity contribution in [1.82, 2.24) is 0 Å². The highest BCUT2D eigenvalue weighted by molar-refractivity contribution is 7.98. The molecule has 1 aromatic rings. The molecule has 0 aliphatic carbocycles. The monoisotopic (exact) mass is 223 g/mol. The molecule has 1 aromatic carbocycles. The van der Waals surface area contributed by atoms with Gasteiger partial charge in [0.05, 0.1) is 6.61 Å². The first-order valence-electron chi connectivity index (χ1n) is 5.28. The molecule has 1 aliphatic rings. The van der Waals surface area contributed by atoms with Crippen molar-refractivity contribution in [2.45, 2.75) is 17.4 Å². The summed E-state index contributed by atoms with van der Waals surface area (Å²) in [7, 11) is 0. The maximum Gasteiger partial charge on any atom is 0.0513 e. The van der Waals surface area contributed by atoms with Crippen molar-refractivity contribution in [3.63, 3.8) is 0 Å². The van der Waals surface area contributed by atoms with E-state index in [9.17, 15) is 0 Å². The second-order valence-corrected chi connectivity index (χ2v) is 4.80. The van der Waals surface area contributed by atoms with Crippen LogP contribution in [0.25, 0.3) is 0 Å². The molecule has 0 radical (unpaired) electrons. The molecule has 82 valence electrons. The molecule has 0 aromatic heterocycles. The molecule has 2 atom stereocenters. The molecule has 3 heteroatoms. The lowest BCUT2D eigenvalue weighted by atomic mass is 9.93. The standard InChI is InChI=1S/C12H17NOS/c1-15-11-4-2-9(3-5-11)12(13)10-6-7-14-8-10/h2-5,10,12H,6-8,13H2,1H3. The zero-order chi connectivity index (χ0) is 10.7. The minimum Gasteiger partial charge on any atom is -0.381 e. The van der Waals surface area contributed by atoms with Crippen LogP contribution in [-0.4, -0.2) is 19.5 Å². The Morgan fingerprint density at radius 3 is 2.67 bits per heavy atom. The summed E-state index contributed by atoms with van der Waals surface area (Å²) in [4.78, 5) is 1.29. The first kappa shape index (κ1) is 11.0. The third kappa shape index (κ3) is 2.54. The van der Waals surface area contributed by atoms with Crippen LogP contribution < -0.4 is 5.73 Å². The molecular formula is C12H17NOS. The predicted molar refractivity (Wildman–Crippen MR) is 64.1 cm³/mol. The number of hydrogen-bond acceptors (Lipinski definition) is 3. The molecule has 2 rings (SSSR count). The van der Waals surface area contributed by atoms with Gasteiger partial charge in [-0.05, 0) is 30.4 Å². The molecule has 2 N–H and O–H groups in total. The van der Waals surface area contributed by atoms with Gasteiger partial charge in [-0.25, -0.2) is 0 Å². The molecule has 0 saturated carbocycles. The van der Waals surface area contributed by atoms with E-state index in [1.165, 1.54) is 10.5 Å². The Balaban J connectivity index is 2.07. The summed E-state index contributed by atoms with van der Waals surface area (Å²) in [5.74, 6) is 0.491. The molecule has 1 fully saturated rings. The van der Waals surface area contributed by atoms with Crippen LogP contribution in [0.2, 0.25) is 0 Å². The van der Waals surface area contributed by atoms with Crippen LogP contribution in [0.3, 0.4) is 0 Å². The van der Waals surface area contributed by atoms with E-state index in [1.807, 2.05) is 0 Å². The maximum absolute atomic E-state index is 6.21. The number of nitrogens with two attached hydrogens (primary N) is 1. The van der Waals surface area contributed by atoms with Crippen molar-refractivity contribution in [3.8, 4) is 0 Å². The van der Waals surface area contributed by atoms with Gasteiger partial charge in [0.1, 0.15) is 0 Å². The van der Waals surface area contributed by atoms with Crippen molar-refractivity contribution in [1.29, 1.82) is 0 Å². The van der Waals surface area contributed by atoms with Crippen LogP contribution in [0.1, 0.15) is 18.0 Å². The molecule has 1 aliphatic heterocycles. The lowest BCUT2D eigenvalue weighted by molar-refractivity contribution is 0.181. The number of rotatable bonds is 3. The van der Waals surface area contributed by atoms with Gasteiger partial charge in [0.25, 0.3) is 0 Å². The van der Waals surface area contributed by atoms with E-state index in [0.29, 0.717) is 5.92 Å². The molecule has 2 unspecified atom stereocenters. The van der Waals surface area contributed by atoms with Gasteiger partial charge >= 0.3 is 0 Å². The molecule has 15 heavy (non-hydrogen) atoms. The average Bonchev–Trinajstić information content (AvgIpc) is 2.82. The fourth-order valence-electron chi connectivity index (χ4n) is 1.93. The summed E-state index contributed by atoms with van der Waals surface area (Å²) >= 11 is 1.76. The predicted octanol–water partition coefficient (Wildman–Crippen LogP) is 2.44. The Bertz CT molecular complexity index is 306. The van der Waals surface area contributed by atoms with Crippen molar-refractivity contribution >= 4 is 11.8 Å². The van der Waals surface area contributed by atoms with E-state index >= 15 is 0 Å². The summed E-state index contributed by atoms with van der Waals surface area (Å²) in [5.41, 5.74) is 7.43. The van der Waals surface area contributed by atoms with Gasteiger partial charge in [-0.15, -0.1) is 11.8 Å². The van der Waals surface area contributed by atoms with E-state index < -0.39 is 0 Å². The fraction of sp³-hybridized carbons (Fsp3) is 0.500. The van der Waals surface area contributed by atoms with E-state index in [4.69, 9.17) is 10.5 Å². The van der Waals surface area contributed by atoms with Gasteiger partial charge in [0.2, 0.25) is 0 Å². The lowest BCUT2D eigenvalue weighted by Crippen LogP contribution is -2.21. The molecule has 2 nitrogen and oxygen atoms in total. The second kappa shape index (κ2) is 5.01. The van der Waals surface area contributed by atoms with Gasteiger partial charge in [0.15, 0.2) is 0 Å². The van der Waals surface area contributed by atoms with Crippen LogP contribution in [0, 0.1) is 5.92 Å². The molecule has 0 spiro atoms. The Morgan fingerprint density at radius 2 is 2.13 bits per heavy atom. The molecule has 1 heterocycles. The maximum atomic E-state index is 6.21. The van der Waals surface area contributed by atoms with Crippen molar-refractivity contribution in [3.05, 3.63) is 29.8 Å². The number of thioether (sulfide) groups is 1. The van der Waals surface area contributed by atoms with E-state index in [2.05, 4.69) is 30.5 Å². The summed E-state index contributed by atoms with van der Waals surface area (Å²) < 4.78 is 5.36. The van der Waals surface area contributed by atoms with Gasteiger partial charge in [0, 0.05) is 23.5 Å². The van der Waals surface area contributed by atoms with Gasteiger partial charge in [-0.3, -0.25) is 0 Å². The molecule has 0 bridgehead atoms. The van der Waals surface area contributed by atoms with Crippen molar-refractivity contribution in [2.75, 3.05) is 19.5 Å². The second-order valence-electron chi connectivity index (χ2n) is 3.92. The largest absolute Gasteiger partial charge is 0.381 e. The van der Waals surface area contributed by atoms with Crippen LogP contribution in [0.4, 0.5) is 0 Å². The summed E-state index contributed by atoms with van der Waals surface area (Å²) in [6.45, 7) is 1.67. The third-order valence-electron chi connectivity index (χ3n) is 2.97. The Morgan fingerprint density at radius 1 is 1.40 bits per heavy atom. The van der Waals surface area contributed by atoms with Crippen LogP contribution >= 0.6 is 11.8 Å². The van der Waals surface area contributed by atoms with Crippen LogP contribution in [0.5, 0.6) is 0 Å². The molecule has 1 saturated heterocycles. The van der Waals surface area contributed by atoms with E-state index in [-0.39, 0.29) is 6.04 Å². The highest BCUT2D eigenvalue weighted by atomic mass is 32.2.